The average molecular weight is 976 g/mol. The number of carbonyl (C=O) groups is 3. The van der Waals surface area contributed by atoms with Crippen LogP contribution in [0.15, 0.2) is 85.1 Å². The molecule has 1 atom stereocenters. The van der Waals surface area contributed by atoms with Gasteiger partial charge in [0.05, 0.1) is 0 Å². The molecule has 0 aliphatic heterocycles. The Balaban J connectivity index is 4.37. The van der Waals surface area contributed by atoms with Crippen LogP contribution < -0.4 is 0 Å². The zero-order valence-electron chi connectivity index (χ0n) is 46.0. The lowest BCUT2D eigenvalue weighted by atomic mass is 10.0. The van der Waals surface area contributed by atoms with Crippen LogP contribution in [-0.4, -0.2) is 37.2 Å². The van der Waals surface area contributed by atoms with E-state index in [-0.39, 0.29) is 31.1 Å². The minimum Gasteiger partial charge on any atom is -0.462 e. The fourth-order valence-electron chi connectivity index (χ4n) is 8.25. The number of hydrogen-bond donors (Lipinski definition) is 0. The van der Waals surface area contributed by atoms with Crippen molar-refractivity contribution in [3.05, 3.63) is 85.1 Å². The predicted molar refractivity (Wildman–Crippen MR) is 302 cm³/mol. The summed E-state index contributed by atoms with van der Waals surface area (Å²) in [6, 6.07) is 0. The molecule has 0 saturated carbocycles. The summed E-state index contributed by atoms with van der Waals surface area (Å²) in [5.41, 5.74) is 0. The Morgan fingerprint density at radius 2 is 0.557 bits per heavy atom. The monoisotopic (exact) mass is 975 g/mol. The van der Waals surface area contributed by atoms with Gasteiger partial charge in [-0.1, -0.05) is 273 Å². The van der Waals surface area contributed by atoms with Gasteiger partial charge in [0.1, 0.15) is 13.2 Å². The third-order valence-electron chi connectivity index (χ3n) is 12.7. The van der Waals surface area contributed by atoms with Crippen LogP contribution in [0.3, 0.4) is 0 Å². The number of unbranched alkanes of at least 4 members (excludes halogenated alkanes) is 28. The minimum absolute atomic E-state index is 0.0836. The van der Waals surface area contributed by atoms with E-state index in [0.29, 0.717) is 19.3 Å². The minimum atomic E-state index is -0.787. The van der Waals surface area contributed by atoms with Crippen LogP contribution in [0.5, 0.6) is 0 Å². The topological polar surface area (TPSA) is 78.9 Å². The van der Waals surface area contributed by atoms with Crippen LogP contribution >= 0.6 is 0 Å². The molecule has 0 N–H and O–H groups in total. The molecule has 0 aliphatic rings. The molecule has 402 valence electrons. The maximum atomic E-state index is 12.8. The third kappa shape index (κ3) is 55.5. The maximum Gasteiger partial charge on any atom is 0.306 e. The van der Waals surface area contributed by atoms with E-state index in [4.69, 9.17) is 14.2 Å². The summed E-state index contributed by atoms with van der Waals surface area (Å²) in [5, 5.41) is 0. The Kier molecular flexibility index (Phi) is 55.3. The molecular formula is C64H110O6. The fraction of sp³-hybridized carbons (Fsp3) is 0.734. The second-order valence-electron chi connectivity index (χ2n) is 19.5. The van der Waals surface area contributed by atoms with E-state index in [9.17, 15) is 14.4 Å². The van der Waals surface area contributed by atoms with Crippen LogP contribution in [0, 0.1) is 0 Å². The first-order valence-electron chi connectivity index (χ1n) is 29.6. The van der Waals surface area contributed by atoms with Crippen molar-refractivity contribution in [3.8, 4) is 0 Å². The number of allylic oxidation sites excluding steroid dienone is 14. The van der Waals surface area contributed by atoms with Crippen molar-refractivity contribution in [2.24, 2.45) is 0 Å². The quantitative estimate of drug-likeness (QED) is 0.0261. The van der Waals surface area contributed by atoms with Crippen molar-refractivity contribution < 1.29 is 28.6 Å². The molecule has 0 aliphatic carbocycles. The van der Waals surface area contributed by atoms with E-state index in [1.54, 1.807) is 0 Å². The van der Waals surface area contributed by atoms with E-state index in [1.807, 2.05) is 0 Å². The summed E-state index contributed by atoms with van der Waals surface area (Å²) >= 11 is 0. The Morgan fingerprint density at radius 3 is 0.871 bits per heavy atom. The van der Waals surface area contributed by atoms with E-state index in [1.165, 1.54) is 135 Å². The summed E-state index contributed by atoms with van der Waals surface area (Å²) in [7, 11) is 0. The van der Waals surface area contributed by atoms with E-state index < -0.39 is 6.10 Å². The second kappa shape index (κ2) is 58.2. The molecule has 0 heterocycles. The van der Waals surface area contributed by atoms with Gasteiger partial charge in [-0.15, -0.1) is 0 Å². The third-order valence-corrected chi connectivity index (χ3v) is 12.7. The maximum absolute atomic E-state index is 12.8. The zero-order chi connectivity index (χ0) is 50.7. The molecule has 0 saturated heterocycles. The van der Waals surface area contributed by atoms with Crippen molar-refractivity contribution in [1.29, 1.82) is 0 Å². The van der Waals surface area contributed by atoms with Gasteiger partial charge in [-0.3, -0.25) is 14.4 Å². The van der Waals surface area contributed by atoms with Crippen molar-refractivity contribution in [3.63, 3.8) is 0 Å². The van der Waals surface area contributed by atoms with Crippen LogP contribution in [0.4, 0.5) is 0 Å². The predicted octanol–water partition coefficient (Wildman–Crippen LogP) is 19.9. The van der Waals surface area contributed by atoms with Crippen LogP contribution in [0.25, 0.3) is 0 Å². The zero-order valence-corrected chi connectivity index (χ0v) is 46.0. The highest BCUT2D eigenvalue weighted by atomic mass is 16.6. The Labute approximate surface area is 433 Å². The van der Waals surface area contributed by atoms with Gasteiger partial charge in [0.2, 0.25) is 0 Å². The van der Waals surface area contributed by atoms with Crippen molar-refractivity contribution in [1.82, 2.24) is 0 Å². The van der Waals surface area contributed by atoms with Crippen LogP contribution in [0.1, 0.15) is 284 Å². The molecule has 0 aromatic carbocycles. The molecule has 0 aromatic heterocycles. The van der Waals surface area contributed by atoms with Crippen LogP contribution in [0.2, 0.25) is 0 Å². The van der Waals surface area contributed by atoms with Gasteiger partial charge in [0.15, 0.2) is 6.10 Å². The molecule has 0 bridgehead atoms. The van der Waals surface area contributed by atoms with E-state index in [2.05, 4.69) is 106 Å². The first kappa shape index (κ1) is 66.6. The molecular weight excluding hydrogens is 865 g/mol. The Bertz CT molecular complexity index is 1350. The summed E-state index contributed by atoms with van der Waals surface area (Å²) < 4.78 is 16.8. The number of esters is 3. The molecule has 0 rings (SSSR count). The number of carbonyl (C=O) groups excluding carboxylic acids is 3. The highest BCUT2D eigenvalue weighted by Gasteiger charge is 2.19. The highest BCUT2D eigenvalue weighted by Crippen LogP contribution is 2.16. The van der Waals surface area contributed by atoms with E-state index >= 15 is 0 Å². The van der Waals surface area contributed by atoms with Gasteiger partial charge < -0.3 is 14.2 Å². The summed E-state index contributed by atoms with van der Waals surface area (Å²) in [6.07, 6.45) is 75.8. The standard InChI is InChI=1S/C64H110O6/c1-4-7-10-13-16-19-22-24-26-28-29-30-31-32-33-34-35-36-38-39-42-45-48-51-54-57-63(66)69-60-61(59-68-62(65)56-53-50-47-44-41-21-18-15-12-9-6-3)70-64(67)58-55-52-49-46-43-40-37-27-25-23-20-17-14-11-8-5-2/h7,10,16,19,24,26,29-30,32-33,35-36,39,42,61H,4-6,8-9,11-15,17-18,20-23,25,27-28,31,34,37-38,40-41,43-60H2,1-3H3/b10-7-,19-16-,26-24-,30-29-,33-32-,36-35-,42-39-. The molecule has 1 unspecified atom stereocenters. The summed E-state index contributed by atoms with van der Waals surface area (Å²) in [6.45, 7) is 6.51. The molecule has 70 heavy (non-hydrogen) atoms. The summed E-state index contributed by atoms with van der Waals surface area (Å²) in [4.78, 5) is 38.1. The molecule has 0 fully saturated rings. The molecule has 0 amide bonds. The van der Waals surface area contributed by atoms with Crippen molar-refractivity contribution in [2.75, 3.05) is 13.2 Å². The van der Waals surface area contributed by atoms with Crippen LogP contribution in [-0.2, 0) is 28.6 Å². The Morgan fingerprint density at radius 1 is 0.300 bits per heavy atom. The van der Waals surface area contributed by atoms with Gasteiger partial charge in [-0.05, 0) is 77.0 Å². The van der Waals surface area contributed by atoms with E-state index in [0.717, 1.165) is 109 Å². The van der Waals surface area contributed by atoms with Crippen molar-refractivity contribution >= 4 is 17.9 Å². The lowest BCUT2D eigenvalue weighted by molar-refractivity contribution is -0.167. The van der Waals surface area contributed by atoms with Gasteiger partial charge in [-0.25, -0.2) is 0 Å². The SMILES string of the molecule is CC/C=C\C/C=C\C/C=C\C/C=C\C/C=C\C/C=C\C/C=C\CCCCCC(=O)OCC(COC(=O)CCCCCCCCCCCCC)OC(=O)CCCCCCCCCCCCCCCCCC. The number of hydrogen-bond acceptors (Lipinski definition) is 6. The lowest BCUT2D eigenvalue weighted by Crippen LogP contribution is -2.30. The van der Waals surface area contributed by atoms with Gasteiger partial charge in [-0.2, -0.15) is 0 Å². The second-order valence-corrected chi connectivity index (χ2v) is 19.5. The molecule has 6 heteroatoms. The van der Waals surface area contributed by atoms with Gasteiger partial charge in [0, 0.05) is 19.3 Å². The number of rotatable bonds is 53. The largest absolute Gasteiger partial charge is 0.462 e. The van der Waals surface area contributed by atoms with Crippen molar-refractivity contribution in [2.45, 2.75) is 290 Å². The fourth-order valence-corrected chi connectivity index (χ4v) is 8.25. The molecule has 0 radical (unpaired) electrons. The lowest BCUT2D eigenvalue weighted by Gasteiger charge is -2.18. The highest BCUT2D eigenvalue weighted by molar-refractivity contribution is 5.71. The first-order chi connectivity index (χ1) is 34.5. The smallest absolute Gasteiger partial charge is 0.306 e. The molecule has 0 aromatic rings. The first-order valence-corrected chi connectivity index (χ1v) is 29.6. The normalized spacial score (nSPS) is 12.7. The number of ether oxygens (including phenoxy) is 3. The summed E-state index contributed by atoms with van der Waals surface area (Å²) in [5.74, 6) is -0.909. The Hall–Kier alpha value is -3.41. The van der Waals surface area contributed by atoms with Gasteiger partial charge >= 0.3 is 17.9 Å². The molecule has 6 nitrogen and oxygen atoms in total. The average Bonchev–Trinajstić information content (AvgIpc) is 3.36. The van der Waals surface area contributed by atoms with Gasteiger partial charge in [0.25, 0.3) is 0 Å². The molecule has 0 spiro atoms.